The predicted octanol–water partition coefficient (Wildman–Crippen LogP) is 3.74. The zero-order chi connectivity index (χ0) is 24.8. The SMILES string of the molecule is CNC(O)O[C@@H](C)/C=C\C(=O)NC1CCC(C/C=C(C)/C=C/[C@@H]2C[C@]3(CO3)CC(C)(C)O2)CC1. The molecule has 1 spiro atoms. The first-order valence-electron chi connectivity index (χ1n) is 12.7. The summed E-state index contributed by atoms with van der Waals surface area (Å²) in [6.07, 6.45) is 15.8. The minimum absolute atomic E-state index is 0.0548. The van der Waals surface area contributed by atoms with Gasteiger partial charge in [-0.05, 0) is 72.8 Å². The lowest BCUT2D eigenvalue weighted by molar-refractivity contribution is -0.133. The molecule has 0 aromatic carbocycles. The zero-order valence-electron chi connectivity index (χ0n) is 21.5. The van der Waals surface area contributed by atoms with Crippen molar-refractivity contribution in [3.63, 3.8) is 0 Å². The van der Waals surface area contributed by atoms with Crippen LogP contribution in [0.1, 0.15) is 72.6 Å². The highest BCUT2D eigenvalue weighted by Gasteiger charge is 2.53. The third-order valence-corrected chi connectivity index (χ3v) is 6.99. The second kappa shape index (κ2) is 12.0. The molecule has 2 saturated heterocycles. The van der Waals surface area contributed by atoms with Crippen molar-refractivity contribution >= 4 is 5.91 Å². The molecular weight excluding hydrogens is 432 g/mol. The molecule has 7 heteroatoms. The van der Waals surface area contributed by atoms with Crippen molar-refractivity contribution in [2.24, 2.45) is 5.92 Å². The molecule has 1 saturated carbocycles. The summed E-state index contributed by atoms with van der Waals surface area (Å²) in [5.74, 6) is 0.557. The maximum absolute atomic E-state index is 12.2. The highest BCUT2D eigenvalue weighted by atomic mass is 16.6. The summed E-state index contributed by atoms with van der Waals surface area (Å²) in [5.41, 5.74) is 1.20. The monoisotopic (exact) mass is 476 g/mol. The Bertz CT molecular complexity index is 757. The standard InChI is InChI=1S/C27H44N2O5/c1-19(7-14-23-16-27(18-32-27)17-26(3,4)34-23)6-9-21-10-12-22(13-11-21)29-24(30)15-8-20(2)33-25(31)28-5/h6-8,14-15,20-23,25,28,31H,9-13,16-18H2,1-5H3,(H,29,30)/b14-7+,15-8-,19-6+/t20-,21?,22?,23+,25?,27+/m0/s1. The van der Waals surface area contributed by atoms with Crippen LogP contribution in [0.5, 0.6) is 0 Å². The molecule has 3 aliphatic rings. The van der Waals surface area contributed by atoms with Crippen molar-refractivity contribution in [3.05, 3.63) is 36.0 Å². The number of nitrogens with one attached hydrogen (secondary N) is 2. The van der Waals surface area contributed by atoms with E-state index in [1.807, 2.05) is 0 Å². The number of ether oxygens (including phenoxy) is 3. The van der Waals surface area contributed by atoms with Crippen molar-refractivity contribution in [1.29, 1.82) is 0 Å². The summed E-state index contributed by atoms with van der Waals surface area (Å²) >= 11 is 0. The van der Waals surface area contributed by atoms with Crippen molar-refractivity contribution in [1.82, 2.24) is 10.6 Å². The average Bonchev–Trinajstić information content (AvgIpc) is 3.51. The van der Waals surface area contributed by atoms with Crippen LogP contribution < -0.4 is 10.6 Å². The van der Waals surface area contributed by atoms with Crippen molar-refractivity contribution in [2.45, 2.75) is 109 Å². The lowest BCUT2D eigenvalue weighted by Gasteiger charge is -2.38. The van der Waals surface area contributed by atoms with Crippen LogP contribution in [0, 0.1) is 5.92 Å². The first-order chi connectivity index (χ1) is 16.1. The first kappa shape index (κ1) is 27.1. The fraction of sp³-hybridized carbons (Fsp3) is 0.741. The number of hydrogen-bond donors (Lipinski definition) is 3. The lowest BCUT2D eigenvalue weighted by atomic mass is 9.83. The fourth-order valence-electron chi connectivity index (χ4n) is 5.15. The Kier molecular flexibility index (Phi) is 9.52. The molecule has 192 valence electrons. The quantitative estimate of drug-likeness (QED) is 0.193. The Morgan fingerprint density at radius 2 is 1.94 bits per heavy atom. The molecule has 1 amide bonds. The van der Waals surface area contributed by atoms with E-state index in [-0.39, 0.29) is 35.4 Å². The molecule has 1 aliphatic carbocycles. The van der Waals surface area contributed by atoms with Gasteiger partial charge < -0.3 is 24.6 Å². The molecule has 2 heterocycles. The number of amides is 1. The molecule has 3 rings (SSSR count). The van der Waals surface area contributed by atoms with Crippen LogP contribution in [-0.4, -0.2) is 60.5 Å². The van der Waals surface area contributed by atoms with Gasteiger partial charge in [0.15, 0.2) is 0 Å². The van der Waals surface area contributed by atoms with Gasteiger partial charge in [0.2, 0.25) is 12.3 Å². The number of aliphatic hydroxyl groups is 1. The Hall–Kier alpha value is -1.51. The second-order valence-electron chi connectivity index (χ2n) is 10.9. The van der Waals surface area contributed by atoms with E-state index in [1.54, 1.807) is 20.0 Å². The van der Waals surface area contributed by atoms with Gasteiger partial charge in [-0.2, -0.15) is 0 Å². The number of epoxide rings is 1. The molecule has 3 fully saturated rings. The van der Waals surface area contributed by atoms with Crippen LogP contribution in [0.25, 0.3) is 0 Å². The first-order valence-corrected chi connectivity index (χ1v) is 12.7. The molecule has 0 bridgehead atoms. The van der Waals surface area contributed by atoms with Gasteiger partial charge in [-0.25, -0.2) is 0 Å². The third-order valence-electron chi connectivity index (χ3n) is 6.99. The van der Waals surface area contributed by atoms with Gasteiger partial charge in [0.25, 0.3) is 0 Å². The van der Waals surface area contributed by atoms with Gasteiger partial charge in [-0.15, -0.1) is 0 Å². The molecule has 4 atom stereocenters. The van der Waals surface area contributed by atoms with E-state index in [9.17, 15) is 9.90 Å². The number of hydrogen-bond acceptors (Lipinski definition) is 6. The highest BCUT2D eigenvalue weighted by molar-refractivity contribution is 5.87. The number of allylic oxidation sites excluding steroid dienone is 3. The summed E-state index contributed by atoms with van der Waals surface area (Å²) < 4.78 is 17.2. The second-order valence-corrected chi connectivity index (χ2v) is 10.9. The zero-order valence-corrected chi connectivity index (χ0v) is 21.5. The number of carbonyl (C=O) groups excluding carboxylic acids is 1. The van der Waals surface area contributed by atoms with Crippen LogP contribution >= 0.6 is 0 Å². The van der Waals surface area contributed by atoms with Gasteiger partial charge in [0, 0.05) is 25.0 Å². The van der Waals surface area contributed by atoms with Gasteiger partial charge in [0.1, 0.15) is 0 Å². The summed E-state index contributed by atoms with van der Waals surface area (Å²) in [4.78, 5) is 12.2. The van der Waals surface area contributed by atoms with E-state index in [1.165, 1.54) is 11.6 Å². The third kappa shape index (κ3) is 8.93. The lowest BCUT2D eigenvalue weighted by Crippen LogP contribution is -2.43. The number of carbonyl (C=O) groups is 1. The van der Waals surface area contributed by atoms with E-state index >= 15 is 0 Å². The van der Waals surface area contributed by atoms with Gasteiger partial charge >= 0.3 is 0 Å². The number of aliphatic hydroxyl groups excluding tert-OH is 1. The molecule has 7 nitrogen and oxygen atoms in total. The Balaban J connectivity index is 1.35. The molecule has 34 heavy (non-hydrogen) atoms. The summed E-state index contributed by atoms with van der Waals surface area (Å²) in [6, 6.07) is 0.223. The highest BCUT2D eigenvalue weighted by Crippen LogP contribution is 2.46. The largest absolute Gasteiger partial charge is 0.369 e. The normalized spacial score (nSPS) is 33.4. The molecular formula is C27H44N2O5. The van der Waals surface area contributed by atoms with Crippen molar-refractivity contribution in [2.75, 3.05) is 13.7 Å². The van der Waals surface area contributed by atoms with Crippen molar-refractivity contribution < 1.29 is 24.1 Å². The van der Waals surface area contributed by atoms with Crippen LogP contribution in [0.4, 0.5) is 0 Å². The smallest absolute Gasteiger partial charge is 0.243 e. The topological polar surface area (TPSA) is 92.3 Å². The summed E-state index contributed by atoms with van der Waals surface area (Å²) in [6.45, 7) is 9.11. The van der Waals surface area contributed by atoms with E-state index < -0.39 is 6.41 Å². The Labute approximate surface area is 205 Å². The minimum atomic E-state index is -1.04. The van der Waals surface area contributed by atoms with Crippen LogP contribution in [0.2, 0.25) is 0 Å². The Morgan fingerprint density at radius 1 is 1.24 bits per heavy atom. The maximum Gasteiger partial charge on any atom is 0.243 e. The van der Waals surface area contributed by atoms with Gasteiger partial charge in [0.05, 0.1) is 30.0 Å². The predicted molar refractivity (Wildman–Crippen MR) is 133 cm³/mol. The van der Waals surface area contributed by atoms with Crippen LogP contribution in [0.3, 0.4) is 0 Å². The fourth-order valence-corrected chi connectivity index (χ4v) is 5.15. The van der Waals surface area contributed by atoms with Crippen molar-refractivity contribution in [3.8, 4) is 0 Å². The van der Waals surface area contributed by atoms with E-state index in [0.29, 0.717) is 5.92 Å². The summed E-state index contributed by atoms with van der Waals surface area (Å²) in [5, 5.41) is 15.1. The molecule has 3 N–H and O–H groups in total. The van der Waals surface area contributed by atoms with Gasteiger partial charge in [-0.3, -0.25) is 10.1 Å². The van der Waals surface area contributed by atoms with Gasteiger partial charge in [-0.1, -0.05) is 29.9 Å². The van der Waals surface area contributed by atoms with Crippen LogP contribution in [0.15, 0.2) is 36.0 Å². The van der Waals surface area contributed by atoms with E-state index in [0.717, 1.165) is 51.6 Å². The van der Waals surface area contributed by atoms with E-state index in [4.69, 9.17) is 14.2 Å². The molecule has 0 aromatic heterocycles. The minimum Gasteiger partial charge on any atom is -0.369 e. The molecule has 2 aliphatic heterocycles. The van der Waals surface area contributed by atoms with E-state index in [2.05, 4.69) is 49.6 Å². The summed E-state index contributed by atoms with van der Waals surface area (Å²) in [7, 11) is 1.60. The average molecular weight is 477 g/mol. The Morgan fingerprint density at radius 3 is 2.59 bits per heavy atom. The van der Waals surface area contributed by atoms with Crippen LogP contribution in [-0.2, 0) is 19.0 Å². The maximum atomic E-state index is 12.2. The molecule has 1 unspecified atom stereocenters. The molecule has 0 aromatic rings. The molecule has 0 radical (unpaired) electrons. The number of rotatable bonds is 10.